The van der Waals surface area contributed by atoms with Crippen molar-refractivity contribution in [2.75, 3.05) is 13.2 Å². The van der Waals surface area contributed by atoms with E-state index in [1.54, 1.807) is 4.68 Å². The Balaban J connectivity index is 0.00000401. The second kappa shape index (κ2) is 14.1. The minimum atomic E-state index is 0. The number of rotatable bonds is 10. The van der Waals surface area contributed by atoms with Gasteiger partial charge in [-0.25, -0.2) is 4.98 Å². The summed E-state index contributed by atoms with van der Waals surface area (Å²) in [4.78, 5) is 4.75. The summed E-state index contributed by atoms with van der Waals surface area (Å²) in [5.74, 6) is 3.91. The summed E-state index contributed by atoms with van der Waals surface area (Å²) in [7, 11) is 0. The zero-order valence-corrected chi connectivity index (χ0v) is 29.8. The molecule has 0 amide bonds. The van der Waals surface area contributed by atoms with E-state index in [2.05, 4.69) is 78.1 Å². The van der Waals surface area contributed by atoms with Crippen LogP contribution in [0.25, 0.3) is 44.4 Å². The largest absolute Gasteiger partial charge is 2.00 e. The van der Waals surface area contributed by atoms with Crippen LogP contribution < -0.4 is 14.2 Å². The summed E-state index contributed by atoms with van der Waals surface area (Å²) in [5, 5.41) is 6.89. The first-order chi connectivity index (χ1) is 22.9. The first kappa shape index (κ1) is 33.0. The predicted molar refractivity (Wildman–Crippen MR) is 186 cm³/mol. The zero-order valence-electron chi connectivity index (χ0n) is 27.6. The van der Waals surface area contributed by atoms with Crippen LogP contribution in [-0.2, 0) is 21.1 Å². The van der Waals surface area contributed by atoms with Gasteiger partial charge in [0.1, 0.15) is 17.3 Å². The Kier molecular flexibility index (Phi) is 9.70. The van der Waals surface area contributed by atoms with Gasteiger partial charge in [-0.15, -0.1) is 35.7 Å². The van der Waals surface area contributed by atoms with Crippen molar-refractivity contribution in [2.45, 2.75) is 40.5 Å². The molecule has 4 aromatic carbocycles. The number of hydrogen-bond donors (Lipinski definition) is 0. The van der Waals surface area contributed by atoms with E-state index < -0.39 is 0 Å². The molecule has 0 saturated heterocycles. The minimum absolute atomic E-state index is 0. The second-order valence-corrected chi connectivity index (χ2v) is 11.7. The van der Waals surface area contributed by atoms with Gasteiger partial charge in [-0.3, -0.25) is 4.68 Å². The number of nitrogens with zero attached hydrogens (tertiary/aromatic N) is 4. The first-order valence-corrected chi connectivity index (χ1v) is 16.0. The molecule has 0 fully saturated rings. The third-order valence-electron chi connectivity index (χ3n) is 8.12. The van der Waals surface area contributed by atoms with Crippen LogP contribution in [0.4, 0.5) is 0 Å². The maximum Gasteiger partial charge on any atom is 2.00 e. The Morgan fingerprint density at radius 2 is 1.56 bits per heavy atom. The molecule has 7 aromatic rings. The molecule has 0 N–H and O–H groups in total. The van der Waals surface area contributed by atoms with E-state index in [-0.39, 0.29) is 21.1 Å². The molecule has 8 heteroatoms. The molecule has 0 bridgehead atoms. The van der Waals surface area contributed by atoms with Crippen LogP contribution in [0.5, 0.6) is 23.0 Å². The van der Waals surface area contributed by atoms with Crippen LogP contribution in [-0.4, -0.2) is 32.5 Å². The minimum Gasteiger partial charge on any atom is -0.509 e. The molecule has 0 saturated carbocycles. The predicted octanol–water partition coefficient (Wildman–Crippen LogP) is 9.65. The van der Waals surface area contributed by atoms with Crippen LogP contribution in [0.15, 0.2) is 97.5 Å². The van der Waals surface area contributed by atoms with Gasteiger partial charge in [-0.1, -0.05) is 37.6 Å². The van der Waals surface area contributed by atoms with E-state index >= 15 is 0 Å². The molecule has 7 nitrogen and oxygen atoms in total. The Morgan fingerprint density at radius 1 is 0.812 bits per heavy atom. The van der Waals surface area contributed by atoms with Crippen LogP contribution in [0, 0.1) is 19.1 Å². The number of benzene rings is 4. The fraction of sp³-hybridized carbons (Fsp3) is 0.200. The molecule has 0 aliphatic heterocycles. The van der Waals surface area contributed by atoms with Crippen molar-refractivity contribution in [1.82, 2.24) is 19.3 Å². The Labute approximate surface area is 295 Å². The van der Waals surface area contributed by atoms with Gasteiger partial charge in [0.25, 0.3) is 0 Å². The van der Waals surface area contributed by atoms with Gasteiger partial charge in [-0.05, 0) is 79.2 Å². The SMILES string of the molecule is CCOc1cc(C)cc(OCC)c1-c1cnn(-c2[c-]c(Oc3[c-]c4c(cc3)c3ccccc3n4-c3cc(C(C)C)ccn3)ccc2)c1.[Pt+2]. The fourth-order valence-corrected chi connectivity index (χ4v) is 5.96. The number of para-hydroxylation sites is 1. The van der Waals surface area contributed by atoms with Gasteiger partial charge in [0.2, 0.25) is 0 Å². The Hall–Kier alpha value is -4.87. The Bertz CT molecular complexity index is 2190. The van der Waals surface area contributed by atoms with Crippen LogP contribution in [0.3, 0.4) is 0 Å². The zero-order chi connectivity index (χ0) is 32.5. The van der Waals surface area contributed by atoms with Gasteiger partial charge >= 0.3 is 21.1 Å². The molecule has 0 atom stereocenters. The molecule has 0 spiro atoms. The third-order valence-corrected chi connectivity index (χ3v) is 8.12. The summed E-state index contributed by atoms with van der Waals surface area (Å²) in [6.07, 6.45) is 5.65. The number of hydrogen-bond acceptors (Lipinski definition) is 5. The Morgan fingerprint density at radius 3 is 2.31 bits per heavy atom. The van der Waals surface area contributed by atoms with Gasteiger partial charge in [0, 0.05) is 35.0 Å². The van der Waals surface area contributed by atoms with Crippen molar-refractivity contribution >= 4 is 21.8 Å². The van der Waals surface area contributed by atoms with E-state index in [1.165, 1.54) is 5.56 Å². The van der Waals surface area contributed by atoms with Crippen molar-refractivity contribution in [3.63, 3.8) is 0 Å². The number of fused-ring (bicyclic) bond motifs is 3. The number of pyridine rings is 1. The van der Waals surface area contributed by atoms with Crippen LogP contribution in [0.1, 0.15) is 44.7 Å². The van der Waals surface area contributed by atoms with Crippen LogP contribution >= 0.6 is 0 Å². The maximum atomic E-state index is 6.38. The summed E-state index contributed by atoms with van der Waals surface area (Å²) >= 11 is 0. The fourth-order valence-electron chi connectivity index (χ4n) is 5.96. The van der Waals surface area contributed by atoms with Gasteiger partial charge < -0.3 is 18.8 Å². The summed E-state index contributed by atoms with van der Waals surface area (Å²) in [6.45, 7) is 11.5. The summed E-state index contributed by atoms with van der Waals surface area (Å²) in [5.41, 5.74) is 6.78. The average Bonchev–Trinajstić information content (AvgIpc) is 3.68. The molecule has 3 aromatic heterocycles. The summed E-state index contributed by atoms with van der Waals surface area (Å²) in [6, 6.07) is 33.4. The van der Waals surface area contributed by atoms with Crippen molar-refractivity contribution in [3.8, 4) is 45.6 Å². The van der Waals surface area contributed by atoms with E-state index in [4.69, 9.17) is 19.2 Å². The van der Waals surface area contributed by atoms with Crippen molar-refractivity contribution in [3.05, 3.63) is 121 Å². The van der Waals surface area contributed by atoms with E-state index in [0.717, 1.165) is 61.5 Å². The van der Waals surface area contributed by atoms with E-state index in [1.807, 2.05) is 75.8 Å². The van der Waals surface area contributed by atoms with Gasteiger partial charge in [0.05, 0.1) is 25.0 Å². The molecule has 0 aliphatic carbocycles. The summed E-state index contributed by atoms with van der Waals surface area (Å²) < 4.78 is 22.3. The van der Waals surface area contributed by atoms with E-state index in [0.29, 0.717) is 30.6 Å². The molecule has 0 aliphatic rings. The van der Waals surface area contributed by atoms with Crippen molar-refractivity contribution < 1.29 is 35.3 Å². The quantitative estimate of drug-likeness (QED) is 0.129. The molecule has 7 rings (SSSR count). The smallest absolute Gasteiger partial charge is 0.509 e. The van der Waals surface area contributed by atoms with Crippen LogP contribution in [0.2, 0.25) is 0 Å². The molecule has 244 valence electrons. The standard InChI is InChI=1S/C40H36N4O3.Pt/c1-6-45-37-19-27(5)20-38(46-7-2)40(37)29-24-42-43(25-29)30-11-10-12-31(22-30)47-32-15-16-34-33-13-8-9-14-35(33)44(36(34)23-32)39-21-28(26(3)4)17-18-41-39;/h8-21,24-26H,6-7H2,1-5H3;/q-2;+2. The van der Waals surface area contributed by atoms with Crippen molar-refractivity contribution in [2.24, 2.45) is 0 Å². The number of aryl methyl sites for hydroxylation is 1. The normalized spacial score (nSPS) is 11.2. The van der Waals surface area contributed by atoms with E-state index in [9.17, 15) is 0 Å². The second-order valence-electron chi connectivity index (χ2n) is 11.7. The molecular formula is C40H36N4O3Pt. The molecular weight excluding hydrogens is 780 g/mol. The topological polar surface area (TPSA) is 63.3 Å². The van der Waals surface area contributed by atoms with Crippen molar-refractivity contribution in [1.29, 1.82) is 0 Å². The molecule has 0 unspecified atom stereocenters. The average molecular weight is 816 g/mol. The molecule has 48 heavy (non-hydrogen) atoms. The number of aromatic nitrogens is 4. The monoisotopic (exact) mass is 815 g/mol. The third kappa shape index (κ3) is 6.35. The molecule has 3 heterocycles. The van der Waals surface area contributed by atoms with Gasteiger partial charge in [-0.2, -0.15) is 17.2 Å². The maximum absolute atomic E-state index is 6.38. The van der Waals surface area contributed by atoms with Gasteiger partial charge in [0.15, 0.2) is 0 Å². The first-order valence-electron chi connectivity index (χ1n) is 16.0. The number of ether oxygens (including phenoxy) is 3. The molecule has 0 radical (unpaired) electrons.